The molecule has 0 spiro atoms. The molecule has 2 N–H and O–H groups in total. The Kier molecular flexibility index (Phi) is 8.67. The number of amides is 4. The lowest BCUT2D eigenvalue weighted by Gasteiger charge is -2.23. The number of halogens is 1. The van der Waals surface area contributed by atoms with Crippen molar-refractivity contribution in [3.05, 3.63) is 35.6 Å². The van der Waals surface area contributed by atoms with Crippen molar-refractivity contribution in [2.75, 3.05) is 32.7 Å². The normalized spacial score (nSPS) is 17.7. The van der Waals surface area contributed by atoms with Crippen LogP contribution >= 0.6 is 0 Å². The van der Waals surface area contributed by atoms with Crippen molar-refractivity contribution >= 4 is 17.8 Å². The number of carbonyl (C=O) groups excluding carboxylic acids is 3. The Labute approximate surface area is 183 Å². The predicted molar refractivity (Wildman–Crippen MR) is 116 cm³/mol. The highest BCUT2D eigenvalue weighted by Gasteiger charge is 2.24. The standard InChI is InChI=1S/C23H33FN4O3/c24-20-11-5-4-10-19(20)22(30)28-15-7-14-27(16-17-28)21(29)12-6-13-25-23(31)26-18-8-2-1-3-9-18/h4-5,10-11,18H,1-3,6-9,12-17H2,(H2,25,26,31). The molecule has 3 rings (SSSR count). The van der Waals surface area contributed by atoms with E-state index in [1.807, 2.05) is 0 Å². The van der Waals surface area contributed by atoms with Crippen LogP contribution in [0.4, 0.5) is 9.18 Å². The molecule has 0 unspecified atom stereocenters. The monoisotopic (exact) mass is 432 g/mol. The Morgan fingerprint density at radius 3 is 2.42 bits per heavy atom. The topological polar surface area (TPSA) is 81.8 Å². The number of nitrogens with one attached hydrogen (secondary N) is 2. The van der Waals surface area contributed by atoms with E-state index in [4.69, 9.17) is 0 Å². The third-order valence-corrected chi connectivity index (χ3v) is 6.03. The van der Waals surface area contributed by atoms with Crippen molar-refractivity contribution in [3.63, 3.8) is 0 Å². The molecule has 1 saturated heterocycles. The van der Waals surface area contributed by atoms with Gasteiger partial charge >= 0.3 is 6.03 Å². The van der Waals surface area contributed by atoms with Gasteiger partial charge in [-0.25, -0.2) is 9.18 Å². The maximum atomic E-state index is 13.9. The van der Waals surface area contributed by atoms with Gasteiger partial charge < -0.3 is 20.4 Å². The fraction of sp³-hybridized carbons (Fsp3) is 0.609. The molecular weight excluding hydrogens is 399 g/mol. The van der Waals surface area contributed by atoms with Crippen molar-refractivity contribution in [1.82, 2.24) is 20.4 Å². The maximum absolute atomic E-state index is 13.9. The van der Waals surface area contributed by atoms with Gasteiger partial charge in [0.2, 0.25) is 5.91 Å². The molecule has 2 fully saturated rings. The van der Waals surface area contributed by atoms with Crippen LogP contribution in [0.25, 0.3) is 0 Å². The van der Waals surface area contributed by atoms with E-state index in [9.17, 15) is 18.8 Å². The van der Waals surface area contributed by atoms with E-state index in [1.54, 1.807) is 21.9 Å². The molecule has 8 heteroatoms. The zero-order valence-electron chi connectivity index (χ0n) is 18.1. The predicted octanol–water partition coefficient (Wildman–Crippen LogP) is 2.91. The van der Waals surface area contributed by atoms with Crippen LogP contribution in [0.15, 0.2) is 24.3 Å². The Bertz CT molecular complexity index is 767. The van der Waals surface area contributed by atoms with Gasteiger partial charge in [0.1, 0.15) is 5.82 Å². The first-order chi connectivity index (χ1) is 15.0. The molecule has 7 nitrogen and oxygen atoms in total. The Balaban J connectivity index is 1.36. The highest BCUT2D eigenvalue weighted by molar-refractivity contribution is 5.94. The van der Waals surface area contributed by atoms with Crippen LogP contribution in [0.2, 0.25) is 0 Å². The molecule has 1 aliphatic carbocycles. The zero-order chi connectivity index (χ0) is 22.1. The van der Waals surface area contributed by atoms with Gasteiger partial charge in [0, 0.05) is 45.2 Å². The summed E-state index contributed by atoms with van der Waals surface area (Å²) in [6.45, 7) is 2.36. The number of carbonyl (C=O) groups is 3. The molecule has 1 saturated carbocycles. The lowest BCUT2D eigenvalue weighted by Crippen LogP contribution is -2.43. The van der Waals surface area contributed by atoms with Crippen LogP contribution in [0.1, 0.15) is 61.7 Å². The fourth-order valence-corrected chi connectivity index (χ4v) is 4.26. The van der Waals surface area contributed by atoms with Crippen molar-refractivity contribution in [3.8, 4) is 0 Å². The lowest BCUT2D eigenvalue weighted by molar-refractivity contribution is -0.131. The first kappa shape index (κ1) is 23.0. The van der Waals surface area contributed by atoms with Crippen LogP contribution in [0, 0.1) is 5.82 Å². The van der Waals surface area contributed by atoms with Gasteiger partial charge in [0.25, 0.3) is 5.91 Å². The summed E-state index contributed by atoms with van der Waals surface area (Å²) in [5.74, 6) is -0.833. The molecule has 31 heavy (non-hydrogen) atoms. The van der Waals surface area contributed by atoms with E-state index in [1.165, 1.54) is 31.4 Å². The first-order valence-corrected chi connectivity index (χ1v) is 11.4. The van der Waals surface area contributed by atoms with E-state index >= 15 is 0 Å². The number of hydrogen-bond acceptors (Lipinski definition) is 3. The molecule has 1 aliphatic heterocycles. The molecular formula is C23H33FN4O3. The molecule has 0 radical (unpaired) electrons. The highest BCUT2D eigenvalue weighted by atomic mass is 19.1. The molecule has 1 aromatic carbocycles. The Morgan fingerprint density at radius 2 is 1.65 bits per heavy atom. The molecule has 2 aliphatic rings. The van der Waals surface area contributed by atoms with E-state index in [2.05, 4.69) is 10.6 Å². The third-order valence-electron chi connectivity index (χ3n) is 6.03. The highest BCUT2D eigenvalue weighted by Crippen LogP contribution is 2.17. The summed E-state index contributed by atoms with van der Waals surface area (Å²) >= 11 is 0. The maximum Gasteiger partial charge on any atom is 0.315 e. The summed E-state index contributed by atoms with van der Waals surface area (Å²) in [5, 5.41) is 5.84. The summed E-state index contributed by atoms with van der Waals surface area (Å²) in [5.41, 5.74) is 0.0693. The van der Waals surface area contributed by atoms with Gasteiger partial charge in [-0.15, -0.1) is 0 Å². The molecule has 0 bridgehead atoms. The van der Waals surface area contributed by atoms with Crippen LogP contribution < -0.4 is 10.6 Å². The fourth-order valence-electron chi connectivity index (χ4n) is 4.26. The summed E-state index contributed by atoms with van der Waals surface area (Å²) in [6.07, 6.45) is 7.24. The van der Waals surface area contributed by atoms with Crippen molar-refractivity contribution in [2.45, 2.75) is 57.4 Å². The van der Waals surface area contributed by atoms with Crippen molar-refractivity contribution in [1.29, 1.82) is 0 Å². The third kappa shape index (κ3) is 6.94. The Hall–Kier alpha value is -2.64. The second-order valence-corrected chi connectivity index (χ2v) is 8.35. The van der Waals surface area contributed by atoms with Gasteiger partial charge in [-0.1, -0.05) is 31.4 Å². The molecule has 1 aromatic rings. The average molecular weight is 433 g/mol. The minimum absolute atomic E-state index is 0.0229. The van der Waals surface area contributed by atoms with Gasteiger partial charge in [-0.2, -0.15) is 0 Å². The summed E-state index contributed by atoms with van der Waals surface area (Å²) in [4.78, 5) is 40.5. The second kappa shape index (κ2) is 11.7. The number of hydrogen-bond donors (Lipinski definition) is 2. The summed E-state index contributed by atoms with van der Waals surface area (Å²) in [6, 6.07) is 6.09. The summed E-state index contributed by atoms with van der Waals surface area (Å²) < 4.78 is 13.9. The summed E-state index contributed by atoms with van der Waals surface area (Å²) in [7, 11) is 0. The molecule has 1 heterocycles. The SMILES string of the molecule is O=C(NCCCC(=O)N1CCCN(C(=O)c2ccccc2F)CC1)NC1CCCCC1. The van der Waals surface area contributed by atoms with Crippen LogP contribution in [-0.2, 0) is 4.79 Å². The lowest BCUT2D eigenvalue weighted by atomic mass is 9.96. The number of rotatable bonds is 6. The van der Waals surface area contributed by atoms with E-state index in [0.29, 0.717) is 52.0 Å². The number of urea groups is 1. The van der Waals surface area contributed by atoms with Gasteiger partial charge in [0.15, 0.2) is 0 Å². The van der Waals surface area contributed by atoms with Crippen molar-refractivity contribution < 1.29 is 18.8 Å². The number of benzene rings is 1. The Morgan fingerprint density at radius 1 is 0.935 bits per heavy atom. The van der Waals surface area contributed by atoms with Crippen molar-refractivity contribution in [2.24, 2.45) is 0 Å². The van der Waals surface area contributed by atoms with Crippen LogP contribution in [-0.4, -0.2) is 66.4 Å². The zero-order valence-corrected chi connectivity index (χ0v) is 18.1. The van der Waals surface area contributed by atoms with E-state index in [0.717, 1.165) is 12.8 Å². The average Bonchev–Trinajstić information content (AvgIpc) is 3.04. The van der Waals surface area contributed by atoms with Crippen LogP contribution in [0.5, 0.6) is 0 Å². The van der Waals surface area contributed by atoms with Gasteiger partial charge in [0.05, 0.1) is 5.56 Å². The van der Waals surface area contributed by atoms with Crippen LogP contribution in [0.3, 0.4) is 0 Å². The second-order valence-electron chi connectivity index (χ2n) is 8.35. The largest absolute Gasteiger partial charge is 0.341 e. The molecule has 4 amide bonds. The smallest absolute Gasteiger partial charge is 0.315 e. The van der Waals surface area contributed by atoms with Gasteiger partial charge in [-0.3, -0.25) is 9.59 Å². The molecule has 170 valence electrons. The van der Waals surface area contributed by atoms with Gasteiger partial charge in [-0.05, 0) is 37.8 Å². The quantitative estimate of drug-likeness (QED) is 0.678. The molecule has 0 atom stereocenters. The minimum atomic E-state index is -0.523. The van der Waals surface area contributed by atoms with E-state index < -0.39 is 5.82 Å². The number of nitrogens with zero attached hydrogens (tertiary/aromatic N) is 2. The molecule has 0 aromatic heterocycles. The first-order valence-electron chi connectivity index (χ1n) is 11.4. The minimum Gasteiger partial charge on any atom is -0.341 e. The van der Waals surface area contributed by atoms with E-state index in [-0.39, 0.29) is 29.5 Å².